The first-order chi connectivity index (χ1) is 13.2. The van der Waals surface area contributed by atoms with E-state index in [1.165, 1.54) is 23.4 Å². The molecular formula is C19H21ClN2O5S. The third kappa shape index (κ3) is 3.94. The van der Waals surface area contributed by atoms with E-state index in [1.54, 1.807) is 7.11 Å². The van der Waals surface area contributed by atoms with Crippen molar-refractivity contribution >= 4 is 33.3 Å². The van der Waals surface area contributed by atoms with E-state index >= 15 is 0 Å². The van der Waals surface area contributed by atoms with E-state index in [4.69, 9.17) is 16.3 Å². The molecule has 2 aromatic carbocycles. The van der Waals surface area contributed by atoms with Crippen molar-refractivity contribution in [2.24, 2.45) is 0 Å². The summed E-state index contributed by atoms with van der Waals surface area (Å²) in [7, 11) is -2.26. The van der Waals surface area contributed by atoms with E-state index in [0.29, 0.717) is 13.1 Å². The summed E-state index contributed by atoms with van der Waals surface area (Å²) in [4.78, 5) is 13.4. The van der Waals surface area contributed by atoms with E-state index in [9.17, 15) is 18.3 Å². The molecule has 0 unspecified atom stereocenters. The molecule has 1 saturated heterocycles. The molecule has 9 heteroatoms. The fraction of sp³-hybridized carbons (Fsp3) is 0.316. The highest BCUT2D eigenvalue weighted by Gasteiger charge is 2.31. The van der Waals surface area contributed by atoms with Crippen LogP contribution < -0.4 is 9.64 Å². The quantitative estimate of drug-likeness (QED) is 0.794. The summed E-state index contributed by atoms with van der Waals surface area (Å²) >= 11 is 5.98. The molecule has 1 fully saturated rings. The Morgan fingerprint density at radius 2 is 1.82 bits per heavy atom. The molecule has 0 aliphatic carbocycles. The summed E-state index contributed by atoms with van der Waals surface area (Å²) < 4.78 is 32.8. The smallest absolute Gasteiger partial charge is 0.336 e. The molecule has 1 aliphatic rings. The van der Waals surface area contributed by atoms with Crippen LogP contribution in [0.3, 0.4) is 0 Å². The maximum Gasteiger partial charge on any atom is 0.336 e. The Hall–Kier alpha value is -2.29. The second-order valence-corrected chi connectivity index (χ2v) is 8.82. The van der Waals surface area contributed by atoms with Crippen molar-refractivity contribution in [3.05, 3.63) is 52.5 Å². The third-order valence-corrected chi connectivity index (χ3v) is 7.07. The number of piperazine rings is 1. The highest BCUT2D eigenvalue weighted by Crippen LogP contribution is 2.29. The van der Waals surface area contributed by atoms with Crippen molar-refractivity contribution in [2.75, 3.05) is 38.2 Å². The Balaban J connectivity index is 1.83. The Labute approximate surface area is 169 Å². The summed E-state index contributed by atoms with van der Waals surface area (Å²) in [5, 5.41) is 9.39. The molecule has 1 heterocycles. The minimum absolute atomic E-state index is 0.0627. The van der Waals surface area contributed by atoms with Crippen LogP contribution in [-0.2, 0) is 10.0 Å². The molecule has 0 radical (unpaired) electrons. The monoisotopic (exact) mass is 424 g/mol. The van der Waals surface area contributed by atoms with Gasteiger partial charge in [-0.05, 0) is 36.8 Å². The van der Waals surface area contributed by atoms with Crippen LogP contribution in [-0.4, -0.2) is 57.1 Å². The lowest BCUT2D eigenvalue weighted by molar-refractivity contribution is 0.0695. The number of aromatic carboxylic acids is 1. The molecule has 0 aromatic heterocycles. The molecule has 1 N–H and O–H groups in total. The number of nitrogens with zero attached hydrogens (tertiary/aromatic N) is 2. The molecule has 2 aromatic rings. The lowest BCUT2D eigenvalue weighted by Gasteiger charge is -2.35. The third-order valence-electron chi connectivity index (χ3n) is 4.83. The van der Waals surface area contributed by atoms with E-state index < -0.39 is 16.0 Å². The van der Waals surface area contributed by atoms with Gasteiger partial charge in [-0.1, -0.05) is 17.7 Å². The van der Waals surface area contributed by atoms with Crippen molar-refractivity contribution in [3.63, 3.8) is 0 Å². The summed E-state index contributed by atoms with van der Waals surface area (Å²) in [5.41, 5.74) is 1.04. The first-order valence-corrected chi connectivity index (χ1v) is 10.5. The first-order valence-electron chi connectivity index (χ1n) is 8.66. The summed E-state index contributed by atoms with van der Waals surface area (Å²) in [6.07, 6.45) is 0. The van der Waals surface area contributed by atoms with Gasteiger partial charge < -0.3 is 14.7 Å². The predicted octanol–water partition coefficient (Wildman–Crippen LogP) is 2.87. The average molecular weight is 425 g/mol. The number of halogens is 1. The van der Waals surface area contributed by atoms with Crippen molar-refractivity contribution in [1.82, 2.24) is 4.31 Å². The largest absolute Gasteiger partial charge is 0.497 e. The molecular weight excluding hydrogens is 404 g/mol. The van der Waals surface area contributed by atoms with Crippen LogP contribution in [0, 0.1) is 6.92 Å². The van der Waals surface area contributed by atoms with E-state index in [1.807, 2.05) is 24.3 Å². The highest BCUT2D eigenvalue weighted by atomic mass is 35.5. The number of hydrogen-bond donors (Lipinski definition) is 1. The topological polar surface area (TPSA) is 87.2 Å². The Morgan fingerprint density at radius 3 is 2.43 bits per heavy atom. The minimum atomic E-state index is -3.86. The van der Waals surface area contributed by atoms with E-state index in [2.05, 4.69) is 4.90 Å². The molecule has 0 atom stereocenters. The second-order valence-electron chi connectivity index (χ2n) is 6.47. The van der Waals surface area contributed by atoms with Crippen LogP contribution in [0.15, 0.2) is 41.3 Å². The molecule has 0 bridgehead atoms. The van der Waals surface area contributed by atoms with Gasteiger partial charge in [-0.3, -0.25) is 0 Å². The molecule has 0 amide bonds. The predicted molar refractivity (Wildman–Crippen MR) is 107 cm³/mol. The van der Waals surface area contributed by atoms with Gasteiger partial charge >= 0.3 is 5.97 Å². The normalized spacial score (nSPS) is 15.5. The molecule has 0 saturated carbocycles. The lowest BCUT2D eigenvalue weighted by atomic mass is 10.1. The number of rotatable bonds is 5. The van der Waals surface area contributed by atoms with Gasteiger partial charge in [0.1, 0.15) is 5.75 Å². The second kappa shape index (κ2) is 7.98. The van der Waals surface area contributed by atoms with E-state index in [0.717, 1.165) is 11.4 Å². The molecule has 1 aliphatic heterocycles. The summed E-state index contributed by atoms with van der Waals surface area (Å²) in [6.45, 7) is 3.08. The summed E-state index contributed by atoms with van der Waals surface area (Å²) in [5.74, 6) is -0.470. The standard InChI is InChI=1S/C19H21ClN2O5S/c1-13-17(19(23)24)10-14(20)11-18(13)28(25,26)22-8-6-21(7-9-22)15-4-3-5-16(12-15)27-2/h3-5,10-12H,6-9H2,1-2H3,(H,23,24). The fourth-order valence-corrected chi connectivity index (χ4v) is 5.25. The average Bonchev–Trinajstić information content (AvgIpc) is 2.69. The Bertz CT molecular complexity index is 1000. The number of carboxylic acids is 1. The fourth-order valence-electron chi connectivity index (χ4n) is 3.28. The highest BCUT2D eigenvalue weighted by molar-refractivity contribution is 7.89. The van der Waals surface area contributed by atoms with Crippen LogP contribution >= 0.6 is 11.6 Å². The van der Waals surface area contributed by atoms with Crippen molar-refractivity contribution in [2.45, 2.75) is 11.8 Å². The number of ether oxygens (including phenoxy) is 1. The Morgan fingerprint density at radius 1 is 1.14 bits per heavy atom. The lowest BCUT2D eigenvalue weighted by Crippen LogP contribution is -2.48. The molecule has 3 rings (SSSR count). The van der Waals surface area contributed by atoms with Crippen molar-refractivity contribution < 1.29 is 23.1 Å². The first kappa shape index (κ1) is 20.4. The number of carboxylic acid groups (broad SMARTS) is 1. The van der Waals surface area contributed by atoms with Gasteiger partial charge in [0.15, 0.2) is 0 Å². The zero-order valence-corrected chi connectivity index (χ0v) is 17.1. The zero-order chi connectivity index (χ0) is 20.5. The Kier molecular flexibility index (Phi) is 5.83. The summed E-state index contributed by atoms with van der Waals surface area (Å²) in [6, 6.07) is 10.2. The molecule has 28 heavy (non-hydrogen) atoms. The van der Waals surface area contributed by atoms with Gasteiger partial charge in [-0.25, -0.2) is 13.2 Å². The molecule has 150 valence electrons. The van der Waals surface area contributed by atoms with Gasteiger partial charge in [0, 0.05) is 43.0 Å². The van der Waals surface area contributed by atoms with Gasteiger partial charge in [0.05, 0.1) is 17.6 Å². The van der Waals surface area contributed by atoms with Crippen LogP contribution in [0.1, 0.15) is 15.9 Å². The minimum Gasteiger partial charge on any atom is -0.497 e. The number of anilines is 1. The number of carbonyl (C=O) groups is 1. The number of benzene rings is 2. The van der Waals surface area contributed by atoms with Crippen LogP contribution in [0.2, 0.25) is 5.02 Å². The maximum absolute atomic E-state index is 13.1. The van der Waals surface area contributed by atoms with Crippen LogP contribution in [0.25, 0.3) is 0 Å². The van der Waals surface area contributed by atoms with Crippen LogP contribution in [0.5, 0.6) is 5.75 Å². The number of methoxy groups -OCH3 is 1. The van der Waals surface area contributed by atoms with Gasteiger partial charge in [0.2, 0.25) is 10.0 Å². The van der Waals surface area contributed by atoms with Gasteiger partial charge in [-0.2, -0.15) is 4.31 Å². The maximum atomic E-state index is 13.1. The SMILES string of the molecule is COc1cccc(N2CCN(S(=O)(=O)c3cc(Cl)cc(C(=O)O)c3C)CC2)c1. The van der Waals surface area contributed by atoms with Crippen molar-refractivity contribution in [1.29, 1.82) is 0 Å². The number of sulfonamides is 1. The van der Waals surface area contributed by atoms with E-state index in [-0.39, 0.29) is 34.1 Å². The molecule has 7 nitrogen and oxygen atoms in total. The molecule has 0 spiro atoms. The zero-order valence-electron chi connectivity index (χ0n) is 15.6. The van der Waals surface area contributed by atoms with Gasteiger partial charge in [0.25, 0.3) is 0 Å². The van der Waals surface area contributed by atoms with Crippen LogP contribution in [0.4, 0.5) is 5.69 Å². The van der Waals surface area contributed by atoms with Crippen molar-refractivity contribution in [3.8, 4) is 5.75 Å². The van der Waals surface area contributed by atoms with Gasteiger partial charge in [-0.15, -0.1) is 0 Å². The number of hydrogen-bond acceptors (Lipinski definition) is 5.